The Morgan fingerprint density at radius 2 is 2.07 bits per heavy atom. The highest BCUT2D eigenvalue weighted by atomic mass is 19.1. The first-order chi connectivity index (χ1) is 14.3. The van der Waals surface area contributed by atoms with Gasteiger partial charge in [-0.25, -0.2) is 9.18 Å². The minimum absolute atomic E-state index is 0.0742. The fourth-order valence-electron chi connectivity index (χ4n) is 4.82. The van der Waals surface area contributed by atoms with Gasteiger partial charge in [-0.3, -0.25) is 9.79 Å². The number of likely N-dealkylation sites (tertiary alicyclic amines) is 1. The Morgan fingerprint density at radius 3 is 2.77 bits per heavy atom. The molecule has 0 radical (unpaired) electrons. The van der Waals surface area contributed by atoms with E-state index in [2.05, 4.69) is 9.64 Å². The van der Waals surface area contributed by atoms with Crippen LogP contribution in [0.2, 0.25) is 0 Å². The van der Waals surface area contributed by atoms with Crippen molar-refractivity contribution in [3.8, 4) is 0 Å². The molecule has 0 aromatic rings. The molecule has 4 rings (SSSR count). The molecule has 0 saturated carbocycles. The van der Waals surface area contributed by atoms with Crippen LogP contribution in [0.15, 0.2) is 61.6 Å². The number of allylic oxidation sites excluding steroid dienone is 5. The molecule has 6 nitrogen and oxygen atoms in total. The summed E-state index contributed by atoms with van der Waals surface area (Å²) in [5.74, 6) is -0.0742. The molecule has 2 aliphatic heterocycles. The summed E-state index contributed by atoms with van der Waals surface area (Å²) >= 11 is 0. The number of carbonyl (C=O) groups is 2. The van der Waals surface area contributed by atoms with E-state index in [1.165, 1.54) is 16.7 Å². The first-order valence-electron chi connectivity index (χ1n) is 10.1. The number of dihydropyridines is 1. The van der Waals surface area contributed by atoms with Crippen molar-refractivity contribution in [2.24, 2.45) is 4.99 Å². The van der Waals surface area contributed by atoms with Gasteiger partial charge in [0.2, 0.25) is 0 Å². The Labute approximate surface area is 174 Å². The van der Waals surface area contributed by atoms with E-state index in [1.807, 2.05) is 20.0 Å². The molecule has 1 fully saturated rings. The molecule has 1 atom stereocenters. The van der Waals surface area contributed by atoms with Crippen molar-refractivity contribution in [2.75, 3.05) is 20.2 Å². The van der Waals surface area contributed by atoms with Crippen molar-refractivity contribution in [1.82, 2.24) is 4.90 Å². The second-order valence-corrected chi connectivity index (χ2v) is 8.20. The number of ether oxygens (including phenoxy) is 1. The van der Waals surface area contributed by atoms with E-state index in [4.69, 9.17) is 10.1 Å². The number of carboxylic acid groups (broad SMARTS) is 1. The van der Waals surface area contributed by atoms with Crippen LogP contribution in [0.4, 0.5) is 9.18 Å². The highest BCUT2D eigenvalue weighted by molar-refractivity contribution is 6.16. The van der Waals surface area contributed by atoms with Crippen LogP contribution in [0.1, 0.15) is 39.5 Å². The lowest BCUT2D eigenvalue weighted by Crippen LogP contribution is -2.28. The summed E-state index contributed by atoms with van der Waals surface area (Å²) in [6, 6.07) is -0.196. The molecule has 7 heteroatoms. The normalized spacial score (nSPS) is 25.2. The van der Waals surface area contributed by atoms with Gasteiger partial charge in [0.25, 0.3) is 0 Å². The number of aliphatic imine (C=N–C) groups is 1. The van der Waals surface area contributed by atoms with Crippen LogP contribution in [-0.2, 0) is 9.53 Å². The number of carbonyl (C=O) groups excluding carboxylic acids is 1. The molecule has 0 amide bonds. The van der Waals surface area contributed by atoms with E-state index in [0.29, 0.717) is 24.8 Å². The maximum absolute atomic E-state index is 14.6. The van der Waals surface area contributed by atoms with Gasteiger partial charge in [0.1, 0.15) is 18.7 Å². The van der Waals surface area contributed by atoms with E-state index >= 15 is 0 Å². The van der Waals surface area contributed by atoms with E-state index in [0.717, 1.165) is 41.8 Å². The van der Waals surface area contributed by atoms with Crippen molar-refractivity contribution < 1.29 is 23.8 Å². The second kappa shape index (κ2) is 7.70. The number of fused-ring (bicyclic) bond motifs is 1. The Balaban J connectivity index is 1.77. The zero-order valence-corrected chi connectivity index (χ0v) is 17.4. The van der Waals surface area contributed by atoms with Crippen LogP contribution in [0.25, 0.3) is 0 Å². The predicted octanol–water partition coefficient (Wildman–Crippen LogP) is 4.27. The van der Waals surface area contributed by atoms with Gasteiger partial charge in [-0.2, -0.15) is 0 Å². The Morgan fingerprint density at radius 1 is 1.33 bits per heavy atom. The standard InChI is InChI=1S/C23H25FN2O4/c1-12(14(10-27)11-30-23(28)29)7-20-22-17(9-26(20)3)16-6-4-5-15-13(2)18(24)8-19(25-22)21(15)16/h7,10,19H,4-6,8-9,11H2,1-3H3,(H,28,29)/b14-12+,20-7-. The average molecular weight is 412 g/mol. The minimum Gasteiger partial charge on any atom is -0.450 e. The Kier molecular flexibility index (Phi) is 5.22. The number of nitrogens with zero attached hydrogens (tertiary/aromatic N) is 2. The molecule has 1 unspecified atom stereocenters. The van der Waals surface area contributed by atoms with Gasteiger partial charge in [-0.1, -0.05) is 0 Å². The number of halogens is 1. The van der Waals surface area contributed by atoms with Gasteiger partial charge in [-0.05, 0) is 67.1 Å². The number of rotatable bonds is 4. The van der Waals surface area contributed by atoms with E-state index < -0.39 is 6.16 Å². The monoisotopic (exact) mass is 412 g/mol. The molecule has 2 heterocycles. The van der Waals surface area contributed by atoms with E-state index in [-0.39, 0.29) is 24.0 Å². The van der Waals surface area contributed by atoms with Gasteiger partial charge >= 0.3 is 6.16 Å². The molecule has 0 bridgehead atoms. The molecule has 1 N–H and O–H groups in total. The third-order valence-electron chi connectivity index (χ3n) is 6.41. The maximum Gasteiger partial charge on any atom is 0.506 e. The van der Waals surface area contributed by atoms with Gasteiger partial charge in [0.05, 0.1) is 17.5 Å². The fraction of sp³-hybridized carbons (Fsp3) is 0.435. The zero-order chi connectivity index (χ0) is 21.6. The molecule has 158 valence electrons. The molecule has 0 aromatic carbocycles. The first-order valence-corrected chi connectivity index (χ1v) is 10.1. The summed E-state index contributed by atoms with van der Waals surface area (Å²) in [6.07, 6.45) is 4.21. The summed E-state index contributed by atoms with van der Waals surface area (Å²) in [4.78, 5) is 29.1. The van der Waals surface area contributed by atoms with Crippen molar-refractivity contribution in [3.05, 3.63) is 56.6 Å². The van der Waals surface area contributed by atoms with Crippen molar-refractivity contribution in [3.63, 3.8) is 0 Å². The van der Waals surface area contributed by atoms with Crippen LogP contribution in [0.3, 0.4) is 0 Å². The van der Waals surface area contributed by atoms with Crippen LogP contribution in [0, 0.1) is 0 Å². The molecular weight excluding hydrogens is 387 g/mol. The Hall–Kier alpha value is -2.96. The minimum atomic E-state index is -1.42. The molecule has 4 aliphatic rings. The molecule has 2 aliphatic carbocycles. The van der Waals surface area contributed by atoms with E-state index in [1.54, 1.807) is 6.92 Å². The van der Waals surface area contributed by atoms with Crippen molar-refractivity contribution >= 4 is 18.2 Å². The average Bonchev–Trinajstić information content (AvgIpc) is 3.02. The number of hydrogen-bond acceptors (Lipinski definition) is 5. The molecule has 30 heavy (non-hydrogen) atoms. The van der Waals surface area contributed by atoms with Crippen LogP contribution in [-0.4, -0.2) is 54.4 Å². The second-order valence-electron chi connectivity index (χ2n) is 8.20. The molecule has 1 saturated heterocycles. The number of aldehydes is 1. The van der Waals surface area contributed by atoms with Crippen molar-refractivity contribution in [1.29, 1.82) is 0 Å². The SMILES string of the molecule is CC1=C(F)CC2N=C3C(=C4CCCC1=C42)CN(C)/C3=C\C(C)=C(/C=O)COC(=O)O. The lowest BCUT2D eigenvalue weighted by atomic mass is 9.73. The van der Waals surface area contributed by atoms with Crippen LogP contribution >= 0.6 is 0 Å². The van der Waals surface area contributed by atoms with Gasteiger partial charge in [0, 0.05) is 31.2 Å². The summed E-state index contributed by atoms with van der Waals surface area (Å²) in [5.41, 5.74) is 8.24. The van der Waals surface area contributed by atoms with Crippen LogP contribution in [0.5, 0.6) is 0 Å². The van der Waals surface area contributed by atoms with Crippen LogP contribution < -0.4 is 0 Å². The lowest BCUT2D eigenvalue weighted by molar-refractivity contribution is -0.105. The summed E-state index contributed by atoms with van der Waals surface area (Å²) in [5, 5.41) is 8.71. The largest absolute Gasteiger partial charge is 0.506 e. The highest BCUT2D eigenvalue weighted by Crippen LogP contribution is 2.48. The van der Waals surface area contributed by atoms with E-state index in [9.17, 15) is 14.0 Å². The number of likely N-dealkylation sites (N-methyl/N-ethyl adjacent to an activating group) is 1. The third-order valence-corrected chi connectivity index (χ3v) is 6.41. The maximum atomic E-state index is 14.6. The topological polar surface area (TPSA) is 79.2 Å². The Bertz CT molecular complexity index is 1030. The smallest absolute Gasteiger partial charge is 0.450 e. The molecule has 0 aromatic heterocycles. The fourth-order valence-corrected chi connectivity index (χ4v) is 4.82. The van der Waals surface area contributed by atoms with Crippen molar-refractivity contribution in [2.45, 2.75) is 45.6 Å². The lowest BCUT2D eigenvalue weighted by Gasteiger charge is -2.35. The predicted molar refractivity (Wildman–Crippen MR) is 111 cm³/mol. The highest BCUT2D eigenvalue weighted by Gasteiger charge is 2.40. The number of hydrogen-bond donors (Lipinski definition) is 1. The summed E-state index contributed by atoms with van der Waals surface area (Å²) < 4.78 is 19.1. The molecular formula is C23H25FN2O4. The first kappa shape index (κ1) is 20.3. The summed E-state index contributed by atoms with van der Waals surface area (Å²) in [6.45, 7) is 4.04. The van der Waals surface area contributed by atoms with Gasteiger partial charge in [0.15, 0.2) is 0 Å². The molecule has 0 spiro atoms. The van der Waals surface area contributed by atoms with Gasteiger partial charge in [-0.15, -0.1) is 0 Å². The summed E-state index contributed by atoms with van der Waals surface area (Å²) in [7, 11) is 1.97. The zero-order valence-electron chi connectivity index (χ0n) is 17.4. The third kappa shape index (κ3) is 3.32. The quantitative estimate of drug-likeness (QED) is 0.424. The van der Waals surface area contributed by atoms with Gasteiger partial charge < -0.3 is 14.7 Å².